The Morgan fingerprint density at radius 2 is 1.79 bits per heavy atom. The van der Waals surface area contributed by atoms with Gasteiger partial charge in [0.25, 0.3) is 5.91 Å². The fourth-order valence-electron chi connectivity index (χ4n) is 3.46. The summed E-state index contributed by atoms with van der Waals surface area (Å²) in [6.07, 6.45) is 0. The number of nitrogens with zero attached hydrogens (tertiary/aromatic N) is 3. The predicted octanol–water partition coefficient (Wildman–Crippen LogP) is 2.86. The number of carboxylic acid groups (broad SMARTS) is 1. The number of aliphatic carboxylic acids is 1. The van der Waals surface area contributed by atoms with Crippen molar-refractivity contribution in [3.8, 4) is 11.3 Å². The number of hydrogen-bond acceptors (Lipinski definition) is 4. The van der Waals surface area contributed by atoms with Crippen LogP contribution in [-0.4, -0.2) is 44.8 Å². The summed E-state index contributed by atoms with van der Waals surface area (Å²) >= 11 is 0. The number of carbonyl (C=O) groups excluding carboxylic acids is 1. The number of aryl methyl sites for hydroxylation is 1. The Balaban J connectivity index is 1.37. The van der Waals surface area contributed by atoms with Gasteiger partial charge in [-0.15, -0.1) is 0 Å². The van der Waals surface area contributed by atoms with Crippen LogP contribution in [-0.2, 0) is 18.4 Å². The molecule has 4 rings (SSSR count). The van der Waals surface area contributed by atoms with E-state index in [9.17, 15) is 9.59 Å². The van der Waals surface area contributed by atoms with Crippen molar-refractivity contribution in [2.75, 3.05) is 18.4 Å². The van der Waals surface area contributed by atoms with E-state index in [1.165, 1.54) is 0 Å². The number of anilines is 1. The van der Waals surface area contributed by atoms with Crippen molar-refractivity contribution in [1.29, 1.82) is 0 Å². The summed E-state index contributed by atoms with van der Waals surface area (Å²) in [7, 11) is 1.82. The molecule has 0 atom stereocenters. The van der Waals surface area contributed by atoms with Crippen molar-refractivity contribution >= 4 is 17.6 Å². The second-order valence-corrected chi connectivity index (χ2v) is 7.28. The molecule has 1 amide bonds. The molecule has 3 aromatic rings. The van der Waals surface area contributed by atoms with Crippen molar-refractivity contribution in [3.63, 3.8) is 0 Å². The van der Waals surface area contributed by atoms with Crippen LogP contribution in [0.15, 0.2) is 60.7 Å². The van der Waals surface area contributed by atoms with E-state index in [2.05, 4.69) is 15.3 Å². The largest absolute Gasteiger partial charge is 0.481 e. The van der Waals surface area contributed by atoms with Crippen LogP contribution in [0.25, 0.3) is 11.3 Å². The minimum atomic E-state index is -0.732. The summed E-state index contributed by atoms with van der Waals surface area (Å²) in [6, 6.07) is 19.2. The topological polar surface area (TPSA) is 87.5 Å². The highest BCUT2D eigenvalue weighted by Crippen LogP contribution is 2.21. The van der Waals surface area contributed by atoms with Gasteiger partial charge in [-0.05, 0) is 29.3 Å². The third-order valence-electron chi connectivity index (χ3n) is 5.11. The average Bonchev–Trinajstić information content (AvgIpc) is 3.08. The smallest absolute Gasteiger partial charge is 0.309 e. The SMILES string of the molecule is Cn1nc(C(=O)Nc2ccc(CN3CC(C(=O)O)C3)cc2)cc1-c1ccccc1. The van der Waals surface area contributed by atoms with Gasteiger partial charge in [-0.3, -0.25) is 19.2 Å². The lowest BCUT2D eigenvalue weighted by molar-refractivity contribution is -0.147. The summed E-state index contributed by atoms with van der Waals surface area (Å²) in [4.78, 5) is 25.5. The van der Waals surface area contributed by atoms with Crippen LogP contribution in [0.1, 0.15) is 16.1 Å². The molecule has 1 fully saturated rings. The van der Waals surface area contributed by atoms with E-state index in [0.29, 0.717) is 31.0 Å². The van der Waals surface area contributed by atoms with Gasteiger partial charge >= 0.3 is 5.97 Å². The van der Waals surface area contributed by atoms with Gasteiger partial charge in [-0.25, -0.2) is 0 Å². The molecule has 0 bridgehead atoms. The van der Waals surface area contributed by atoms with Crippen molar-refractivity contribution < 1.29 is 14.7 Å². The van der Waals surface area contributed by atoms with E-state index in [1.54, 1.807) is 10.7 Å². The first-order valence-electron chi connectivity index (χ1n) is 9.44. The van der Waals surface area contributed by atoms with Crippen molar-refractivity contribution in [2.45, 2.75) is 6.54 Å². The fraction of sp³-hybridized carbons (Fsp3) is 0.227. The second-order valence-electron chi connectivity index (χ2n) is 7.28. The van der Waals surface area contributed by atoms with Crippen LogP contribution in [0.2, 0.25) is 0 Å². The summed E-state index contributed by atoms with van der Waals surface area (Å²) in [5, 5.41) is 16.1. The van der Waals surface area contributed by atoms with Crippen molar-refractivity contribution in [2.24, 2.45) is 13.0 Å². The lowest BCUT2D eigenvalue weighted by Gasteiger charge is -2.36. The Bertz CT molecular complexity index is 1020. The minimum absolute atomic E-state index is 0.257. The van der Waals surface area contributed by atoms with E-state index in [0.717, 1.165) is 16.8 Å². The van der Waals surface area contributed by atoms with Crippen LogP contribution in [0.5, 0.6) is 0 Å². The average molecular weight is 390 g/mol. The van der Waals surface area contributed by atoms with Crippen LogP contribution >= 0.6 is 0 Å². The van der Waals surface area contributed by atoms with Gasteiger partial charge in [0, 0.05) is 32.4 Å². The van der Waals surface area contributed by atoms with E-state index in [4.69, 9.17) is 5.11 Å². The molecule has 0 aliphatic carbocycles. The molecule has 1 saturated heterocycles. The summed E-state index contributed by atoms with van der Waals surface area (Å²) in [5.41, 5.74) is 4.01. The lowest BCUT2D eigenvalue weighted by atomic mass is 9.99. The molecule has 7 nitrogen and oxygen atoms in total. The molecule has 1 aliphatic rings. The van der Waals surface area contributed by atoms with E-state index >= 15 is 0 Å². The Kier molecular flexibility index (Phi) is 5.14. The zero-order valence-electron chi connectivity index (χ0n) is 16.1. The molecule has 1 aliphatic heterocycles. The summed E-state index contributed by atoms with van der Waals surface area (Å²) in [6.45, 7) is 1.87. The number of hydrogen-bond donors (Lipinski definition) is 2. The highest BCUT2D eigenvalue weighted by atomic mass is 16.4. The maximum atomic E-state index is 12.6. The first-order valence-corrected chi connectivity index (χ1v) is 9.44. The Morgan fingerprint density at radius 1 is 1.10 bits per heavy atom. The third kappa shape index (κ3) is 4.20. The van der Waals surface area contributed by atoms with Gasteiger partial charge in [0.05, 0.1) is 11.6 Å². The molecule has 2 heterocycles. The summed E-state index contributed by atoms with van der Waals surface area (Å²) < 4.78 is 1.70. The predicted molar refractivity (Wildman–Crippen MR) is 109 cm³/mol. The first kappa shape index (κ1) is 18.9. The molecule has 2 N–H and O–H groups in total. The lowest BCUT2D eigenvalue weighted by Crippen LogP contribution is -2.49. The van der Waals surface area contributed by atoms with E-state index in [-0.39, 0.29) is 11.8 Å². The maximum absolute atomic E-state index is 12.6. The normalized spacial score (nSPS) is 14.4. The molecular formula is C22H22N4O3. The van der Waals surface area contributed by atoms with Crippen LogP contribution in [0.3, 0.4) is 0 Å². The fourth-order valence-corrected chi connectivity index (χ4v) is 3.46. The molecule has 1 aromatic heterocycles. The number of carbonyl (C=O) groups is 2. The number of nitrogens with one attached hydrogen (secondary N) is 1. The second kappa shape index (κ2) is 7.89. The minimum Gasteiger partial charge on any atom is -0.481 e. The van der Waals surface area contributed by atoms with Gasteiger partial charge in [0.2, 0.25) is 0 Å². The van der Waals surface area contributed by atoms with Gasteiger partial charge in [-0.1, -0.05) is 42.5 Å². The van der Waals surface area contributed by atoms with Crippen LogP contribution in [0.4, 0.5) is 5.69 Å². The number of rotatable bonds is 6. The van der Waals surface area contributed by atoms with Crippen LogP contribution < -0.4 is 5.32 Å². The molecule has 7 heteroatoms. The van der Waals surface area contributed by atoms with Gasteiger partial charge < -0.3 is 10.4 Å². The molecular weight excluding hydrogens is 368 g/mol. The number of carboxylic acids is 1. The first-order chi connectivity index (χ1) is 14.0. The number of amides is 1. The van der Waals surface area contributed by atoms with E-state index in [1.807, 2.05) is 61.6 Å². The van der Waals surface area contributed by atoms with Crippen molar-refractivity contribution in [1.82, 2.24) is 14.7 Å². The van der Waals surface area contributed by atoms with E-state index < -0.39 is 5.97 Å². The zero-order valence-corrected chi connectivity index (χ0v) is 16.1. The molecule has 29 heavy (non-hydrogen) atoms. The Labute approximate surface area is 168 Å². The number of aromatic nitrogens is 2. The maximum Gasteiger partial charge on any atom is 0.309 e. The molecule has 148 valence electrons. The monoisotopic (exact) mass is 390 g/mol. The molecule has 0 saturated carbocycles. The highest BCUT2D eigenvalue weighted by molar-refractivity contribution is 6.03. The van der Waals surface area contributed by atoms with Gasteiger partial charge in [-0.2, -0.15) is 5.10 Å². The molecule has 0 unspecified atom stereocenters. The Morgan fingerprint density at radius 3 is 2.45 bits per heavy atom. The zero-order chi connectivity index (χ0) is 20.4. The van der Waals surface area contributed by atoms with Crippen LogP contribution in [0, 0.1) is 5.92 Å². The van der Waals surface area contributed by atoms with Gasteiger partial charge in [0.1, 0.15) is 0 Å². The van der Waals surface area contributed by atoms with Gasteiger partial charge in [0.15, 0.2) is 5.69 Å². The summed E-state index contributed by atoms with van der Waals surface area (Å²) in [5.74, 6) is -1.25. The third-order valence-corrected chi connectivity index (χ3v) is 5.11. The number of likely N-dealkylation sites (tertiary alicyclic amines) is 1. The molecule has 0 radical (unpaired) electrons. The molecule has 0 spiro atoms. The number of benzene rings is 2. The quantitative estimate of drug-likeness (QED) is 0.676. The van der Waals surface area contributed by atoms with Crippen molar-refractivity contribution in [3.05, 3.63) is 71.9 Å². The highest BCUT2D eigenvalue weighted by Gasteiger charge is 2.32. The standard InChI is InChI=1S/C22H22N4O3/c1-25-20(16-5-3-2-4-6-16)11-19(24-25)21(27)23-18-9-7-15(8-10-18)12-26-13-17(14-26)22(28)29/h2-11,17H,12-14H2,1H3,(H,23,27)(H,28,29). The Hall–Kier alpha value is -3.45. The molecule has 2 aromatic carbocycles.